The largest absolute Gasteiger partial charge is 0.339 e. The third-order valence-corrected chi connectivity index (χ3v) is 1.97. The van der Waals surface area contributed by atoms with E-state index in [1.165, 1.54) is 6.92 Å². The summed E-state index contributed by atoms with van der Waals surface area (Å²) in [6.07, 6.45) is 5.29. The minimum atomic E-state index is -0.384. The van der Waals surface area contributed by atoms with Crippen LogP contribution in [-0.4, -0.2) is 5.91 Å². The highest BCUT2D eigenvalue weighted by Crippen LogP contribution is 2.15. The molecule has 1 rings (SSSR count). The van der Waals surface area contributed by atoms with Gasteiger partial charge in [-0.25, -0.2) is 0 Å². The molecule has 2 nitrogen and oxygen atoms in total. The first-order valence-corrected chi connectivity index (χ1v) is 4.50. The summed E-state index contributed by atoms with van der Waals surface area (Å²) in [5.41, 5.74) is 0.854. The quantitative estimate of drug-likeness (QED) is 0.740. The van der Waals surface area contributed by atoms with Gasteiger partial charge >= 0.3 is 0 Å². The van der Waals surface area contributed by atoms with Gasteiger partial charge in [0.25, 0.3) is 0 Å². The van der Waals surface area contributed by atoms with Crippen molar-refractivity contribution in [3.63, 3.8) is 0 Å². The highest BCUT2D eigenvalue weighted by molar-refractivity contribution is 6.30. The molecule has 3 heteroatoms. The zero-order valence-corrected chi connectivity index (χ0v) is 8.51. The molecule has 0 aromatic heterocycles. The zero-order chi connectivity index (χ0) is 10.6. The van der Waals surface area contributed by atoms with Crippen LogP contribution in [0, 0.1) is 12.3 Å². The second-order valence-electron chi connectivity index (χ2n) is 2.85. The average Bonchev–Trinajstić information content (AvgIpc) is 2.15. The Labute approximate surface area is 88.3 Å². The fourth-order valence-corrected chi connectivity index (χ4v) is 1.21. The number of terminal acetylenes is 1. The predicted molar refractivity (Wildman–Crippen MR) is 56.8 cm³/mol. The van der Waals surface area contributed by atoms with E-state index >= 15 is 0 Å². The summed E-state index contributed by atoms with van der Waals surface area (Å²) < 4.78 is 0. The fourth-order valence-electron chi connectivity index (χ4n) is 1.08. The van der Waals surface area contributed by atoms with E-state index < -0.39 is 0 Å². The van der Waals surface area contributed by atoms with E-state index in [0.717, 1.165) is 5.56 Å². The fraction of sp³-hybridized carbons (Fsp3) is 0.182. The lowest BCUT2D eigenvalue weighted by molar-refractivity contribution is -0.119. The minimum absolute atomic E-state index is 0.150. The Morgan fingerprint density at radius 1 is 1.50 bits per heavy atom. The van der Waals surface area contributed by atoms with Gasteiger partial charge in [-0.2, -0.15) is 0 Å². The molecule has 0 aliphatic carbocycles. The third-order valence-electron chi connectivity index (χ3n) is 1.72. The molecule has 1 atom stereocenters. The Bertz CT molecular complexity index is 364. The Morgan fingerprint density at radius 3 is 2.50 bits per heavy atom. The summed E-state index contributed by atoms with van der Waals surface area (Å²) in [6.45, 7) is 1.43. The number of rotatable bonds is 2. The summed E-state index contributed by atoms with van der Waals surface area (Å²) in [5.74, 6) is 2.34. The molecule has 1 N–H and O–H groups in total. The van der Waals surface area contributed by atoms with E-state index in [2.05, 4.69) is 11.2 Å². The summed E-state index contributed by atoms with van der Waals surface area (Å²) >= 11 is 5.73. The van der Waals surface area contributed by atoms with E-state index in [1.807, 2.05) is 0 Å². The molecule has 72 valence electrons. The van der Waals surface area contributed by atoms with Crippen molar-refractivity contribution in [2.75, 3.05) is 0 Å². The number of nitrogens with one attached hydrogen (secondary N) is 1. The second-order valence-corrected chi connectivity index (χ2v) is 3.29. The van der Waals surface area contributed by atoms with Gasteiger partial charge in [-0.1, -0.05) is 29.7 Å². The Morgan fingerprint density at radius 2 is 2.07 bits per heavy atom. The van der Waals surface area contributed by atoms with Crippen LogP contribution >= 0.6 is 11.6 Å². The van der Waals surface area contributed by atoms with Crippen molar-refractivity contribution in [2.24, 2.45) is 0 Å². The number of hydrogen-bond acceptors (Lipinski definition) is 1. The smallest absolute Gasteiger partial charge is 0.218 e. The van der Waals surface area contributed by atoms with E-state index in [-0.39, 0.29) is 11.9 Å². The molecule has 0 saturated heterocycles. The van der Waals surface area contributed by atoms with Crippen molar-refractivity contribution in [3.05, 3.63) is 34.9 Å². The number of hydrogen-bond donors (Lipinski definition) is 1. The number of benzene rings is 1. The molecule has 0 aliphatic rings. The molecule has 1 amide bonds. The predicted octanol–water partition coefficient (Wildman–Crippen LogP) is 2.15. The van der Waals surface area contributed by atoms with Crippen molar-refractivity contribution in [1.29, 1.82) is 0 Å². The number of halogens is 1. The van der Waals surface area contributed by atoms with Gasteiger partial charge in [0, 0.05) is 11.9 Å². The summed E-state index contributed by atoms with van der Waals surface area (Å²) in [4.78, 5) is 10.8. The van der Waals surface area contributed by atoms with Gasteiger partial charge < -0.3 is 5.32 Å². The van der Waals surface area contributed by atoms with Crippen LogP contribution in [0.1, 0.15) is 18.5 Å². The first kappa shape index (κ1) is 10.6. The van der Waals surface area contributed by atoms with Gasteiger partial charge in [-0.15, -0.1) is 6.42 Å². The first-order chi connectivity index (χ1) is 6.63. The lowest BCUT2D eigenvalue weighted by atomic mass is 10.1. The molecular weight excluding hydrogens is 198 g/mol. The van der Waals surface area contributed by atoms with E-state index in [9.17, 15) is 4.79 Å². The van der Waals surface area contributed by atoms with Crippen molar-refractivity contribution < 1.29 is 4.79 Å². The Hall–Kier alpha value is -1.46. The average molecular weight is 208 g/mol. The molecule has 0 fully saturated rings. The topological polar surface area (TPSA) is 29.1 Å². The monoisotopic (exact) mass is 207 g/mol. The van der Waals surface area contributed by atoms with E-state index in [0.29, 0.717) is 5.02 Å². The molecule has 1 unspecified atom stereocenters. The molecule has 0 bridgehead atoms. The van der Waals surface area contributed by atoms with Gasteiger partial charge in [0.1, 0.15) is 6.04 Å². The van der Waals surface area contributed by atoms with Crippen LogP contribution in [0.4, 0.5) is 0 Å². The second kappa shape index (κ2) is 4.69. The maximum atomic E-state index is 10.8. The number of carbonyl (C=O) groups excluding carboxylic acids is 1. The molecule has 0 spiro atoms. The number of carbonyl (C=O) groups is 1. The van der Waals surface area contributed by atoms with Gasteiger partial charge in [0.2, 0.25) is 5.91 Å². The summed E-state index contributed by atoms with van der Waals surface area (Å²) in [7, 11) is 0. The molecule has 0 aliphatic heterocycles. The highest BCUT2D eigenvalue weighted by Gasteiger charge is 2.08. The molecule has 1 aromatic rings. The number of amides is 1. The van der Waals surface area contributed by atoms with Crippen LogP contribution in [0.5, 0.6) is 0 Å². The first-order valence-electron chi connectivity index (χ1n) is 4.12. The van der Waals surface area contributed by atoms with Crippen LogP contribution in [0.25, 0.3) is 0 Å². The van der Waals surface area contributed by atoms with E-state index in [1.54, 1.807) is 24.3 Å². The molecular formula is C11H10ClNO. The molecule has 1 aromatic carbocycles. The molecule has 14 heavy (non-hydrogen) atoms. The van der Waals surface area contributed by atoms with Crippen molar-refractivity contribution in [2.45, 2.75) is 13.0 Å². The maximum absolute atomic E-state index is 10.8. The standard InChI is InChI=1S/C11H10ClNO/c1-3-11(13-8(2)14)9-4-6-10(12)7-5-9/h1,4-7,11H,2H3,(H,13,14). The van der Waals surface area contributed by atoms with E-state index in [4.69, 9.17) is 18.0 Å². The van der Waals surface area contributed by atoms with Crippen LogP contribution in [-0.2, 0) is 4.79 Å². The van der Waals surface area contributed by atoms with Gasteiger partial charge in [0.15, 0.2) is 0 Å². The van der Waals surface area contributed by atoms with Crippen LogP contribution < -0.4 is 5.32 Å². The van der Waals surface area contributed by atoms with Crippen LogP contribution in [0.15, 0.2) is 24.3 Å². The van der Waals surface area contributed by atoms with Gasteiger partial charge in [0.05, 0.1) is 0 Å². The van der Waals surface area contributed by atoms with Crippen LogP contribution in [0.3, 0.4) is 0 Å². The SMILES string of the molecule is C#CC(NC(C)=O)c1ccc(Cl)cc1. The third kappa shape index (κ3) is 2.79. The zero-order valence-electron chi connectivity index (χ0n) is 7.75. The van der Waals surface area contributed by atoms with Crippen molar-refractivity contribution in [3.8, 4) is 12.3 Å². The normalized spacial score (nSPS) is 11.5. The maximum Gasteiger partial charge on any atom is 0.218 e. The lowest BCUT2D eigenvalue weighted by Crippen LogP contribution is -2.24. The highest BCUT2D eigenvalue weighted by atomic mass is 35.5. The molecule has 0 saturated carbocycles. The summed E-state index contributed by atoms with van der Waals surface area (Å²) in [6, 6.07) is 6.68. The minimum Gasteiger partial charge on any atom is -0.339 e. The Kier molecular flexibility index (Phi) is 3.55. The van der Waals surface area contributed by atoms with Crippen molar-refractivity contribution in [1.82, 2.24) is 5.32 Å². The van der Waals surface area contributed by atoms with Crippen molar-refractivity contribution >= 4 is 17.5 Å². The Balaban J connectivity index is 2.85. The van der Waals surface area contributed by atoms with Gasteiger partial charge in [-0.3, -0.25) is 4.79 Å². The molecule has 0 heterocycles. The lowest BCUT2D eigenvalue weighted by Gasteiger charge is -2.11. The molecule has 0 radical (unpaired) electrons. The summed E-state index contributed by atoms with van der Waals surface area (Å²) in [5, 5.41) is 3.29. The van der Waals surface area contributed by atoms with Gasteiger partial charge in [-0.05, 0) is 17.7 Å². The van der Waals surface area contributed by atoms with Crippen LogP contribution in [0.2, 0.25) is 5.02 Å².